The number of hydrogen-bond acceptors (Lipinski definition) is 5. The van der Waals surface area contributed by atoms with Gasteiger partial charge in [0.1, 0.15) is 0 Å². The fraction of sp³-hybridized carbons (Fsp3) is 0.526. The van der Waals surface area contributed by atoms with Gasteiger partial charge in [0, 0.05) is 19.1 Å². The van der Waals surface area contributed by atoms with E-state index in [1.54, 1.807) is 6.20 Å². The lowest BCUT2D eigenvalue weighted by Crippen LogP contribution is -2.39. The number of hydrogen-bond donors (Lipinski definition) is 1. The lowest BCUT2D eigenvalue weighted by molar-refractivity contribution is 0.446. The molecule has 24 heavy (non-hydrogen) atoms. The third-order valence-electron chi connectivity index (χ3n) is 4.71. The van der Waals surface area contributed by atoms with E-state index >= 15 is 0 Å². The highest BCUT2D eigenvalue weighted by atomic mass is 15.3. The van der Waals surface area contributed by atoms with Crippen molar-refractivity contribution in [3.63, 3.8) is 0 Å². The number of benzene rings is 1. The molecule has 1 N–H and O–H groups in total. The van der Waals surface area contributed by atoms with Crippen molar-refractivity contribution in [3.8, 4) is 0 Å². The molecule has 2 aromatic rings. The van der Waals surface area contributed by atoms with Gasteiger partial charge >= 0.3 is 0 Å². The Morgan fingerprint density at radius 1 is 1.21 bits per heavy atom. The van der Waals surface area contributed by atoms with Gasteiger partial charge in [-0.1, -0.05) is 37.3 Å². The zero-order valence-corrected chi connectivity index (χ0v) is 14.5. The summed E-state index contributed by atoms with van der Waals surface area (Å²) >= 11 is 0. The first-order chi connectivity index (χ1) is 11.9. The third-order valence-corrected chi connectivity index (χ3v) is 4.71. The molecule has 5 heteroatoms. The van der Waals surface area contributed by atoms with Crippen molar-refractivity contribution in [2.24, 2.45) is 0 Å². The van der Waals surface area contributed by atoms with Crippen molar-refractivity contribution >= 4 is 11.8 Å². The van der Waals surface area contributed by atoms with Gasteiger partial charge in [-0.25, -0.2) is 0 Å². The van der Waals surface area contributed by atoms with E-state index in [2.05, 4.69) is 62.7 Å². The second-order valence-corrected chi connectivity index (χ2v) is 6.41. The first kappa shape index (κ1) is 16.7. The number of nitrogens with zero attached hydrogens (tertiary/aromatic N) is 4. The van der Waals surface area contributed by atoms with Gasteiger partial charge in [0.2, 0.25) is 5.95 Å². The van der Waals surface area contributed by atoms with Gasteiger partial charge < -0.3 is 10.2 Å². The molecule has 1 atom stereocenters. The van der Waals surface area contributed by atoms with Crippen LogP contribution in [0.3, 0.4) is 0 Å². The monoisotopic (exact) mass is 325 g/mol. The average Bonchev–Trinajstić information content (AvgIpc) is 2.66. The molecule has 3 rings (SSSR count). The van der Waals surface area contributed by atoms with Crippen LogP contribution in [0, 0.1) is 0 Å². The number of anilines is 2. The lowest BCUT2D eigenvalue weighted by atomic mass is 10.0. The molecule has 1 unspecified atom stereocenters. The van der Waals surface area contributed by atoms with E-state index in [1.165, 1.54) is 24.8 Å². The summed E-state index contributed by atoms with van der Waals surface area (Å²) in [5.74, 6) is 1.60. The van der Waals surface area contributed by atoms with Gasteiger partial charge in [-0.3, -0.25) is 0 Å². The van der Waals surface area contributed by atoms with Crippen molar-refractivity contribution in [1.29, 1.82) is 0 Å². The second kappa shape index (κ2) is 8.62. The minimum atomic E-state index is 0.585. The number of aryl methyl sites for hydroxylation is 1. The quantitative estimate of drug-likeness (QED) is 0.787. The molecule has 1 fully saturated rings. The Balaban J connectivity index is 1.53. The van der Waals surface area contributed by atoms with Crippen molar-refractivity contribution < 1.29 is 0 Å². The van der Waals surface area contributed by atoms with E-state index < -0.39 is 0 Å². The lowest BCUT2D eigenvalue weighted by Gasteiger charge is -2.35. The molecule has 128 valence electrons. The molecule has 0 radical (unpaired) electrons. The molecule has 5 nitrogen and oxygen atoms in total. The molecule has 1 aliphatic heterocycles. The molecule has 0 spiro atoms. The van der Waals surface area contributed by atoms with E-state index in [1.807, 2.05) is 0 Å². The van der Waals surface area contributed by atoms with Crippen molar-refractivity contribution in [2.75, 3.05) is 23.3 Å². The Kier molecular flexibility index (Phi) is 5.99. The van der Waals surface area contributed by atoms with Gasteiger partial charge in [-0.2, -0.15) is 10.1 Å². The smallest absolute Gasteiger partial charge is 0.244 e. The zero-order chi connectivity index (χ0) is 16.6. The standard InChI is InChI=1S/C19H27N5/c1-2-17-12-6-7-14-24(17)18-15-21-23-19(22-18)20-13-8-11-16-9-4-3-5-10-16/h3-5,9-10,15,17H,2,6-8,11-14H2,1H3,(H,20,22,23). The molecule has 1 aromatic carbocycles. The van der Waals surface area contributed by atoms with Crippen LogP contribution in [-0.2, 0) is 6.42 Å². The maximum absolute atomic E-state index is 4.68. The normalized spacial score (nSPS) is 17.7. The Labute approximate surface area is 144 Å². The van der Waals surface area contributed by atoms with E-state index in [9.17, 15) is 0 Å². The van der Waals surface area contributed by atoms with E-state index in [0.29, 0.717) is 12.0 Å². The number of aromatic nitrogens is 3. The van der Waals surface area contributed by atoms with E-state index in [0.717, 1.165) is 38.2 Å². The molecule has 0 saturated carbocycles. The predicted octanol–water partition coefficient (Wildman–Crippen LogP) is 3.69. The van der Waals surface area contributed by atoms with Crippen LogP contribution in [0.1, 0.15) is 44.6 Å². The zero-order valence-electron chi connectivity index (χ0n) is 14.5. The van der Waals surface area contributed by atoms with Gasteiger partial charge in [-0.15, -0.1) is 5.10 Å². The summed E-state index contributed by atoms with van der Waals surface area (Å²) in [7, 11) is 0. The summed E-state index contributed by atoms with van der Waals surface area (Å²) in [5.41, 5.74) is 1.37. The number of piperidine rings is 1. The van der Waals surface area contributed by atoms with Crippen molar-refractivity contribution in [3.05, 3.63) is 42.1 Å². The predicted molar refractivity (Wildman–Crippen MR) is 98.4 cm³/mol. The molecule has 1 aromatic heterocycles. The fourth-order valence-corrected chi connectivity index (χ4v) is 3.37. The number of nitrogens with one attached hydrogen (secondary N) is 1. The van der Waals surface area contributed by atoms with Crippen LogP contribution in [0.4, 0.5) is 11.8 Å². The Bertz CT molecular complexity index is 616. The second-order valence-electron chi connectivity index (χ2n) is 6.41. The van der Waals surface area contributed by atoms with Crippen LogP contribution < -0.4 is 10.2 Å². The molecule has 0 amide bonds. The Morgan fingerprint density at radius 2 is 2.08 bits per heavy atom. The number of rotatable bonds is 7. The van der Waals surface area contributed by atoms with Crippen LogP contribution >= 0.6 is 0 Å². The minimum absolute atomic E-state index is 0.585. The summed E-state index contributed by atoms with van der Waals surface area (Å²) in [6.45, 7) is 4.18. The van der Waals surface area contributed by atoms with E-state index in [-0.39, 0.29) is 0 Å². The molecule has 1 saturated heterocycles. The highest BCUT2D eigenvalue weighted by Gasteiger charge is 2.22. The molecule has 2 heterocycles. The minimum Gasteiger partial charge on any atom is -0.353 e. The Hall–Kier alpha value is -2.17. The average molecular weight is 325 g/mol. The van der Waals surface area contributed by atoms with E-state index in [4.69, 9.17) is 0 Å². The summed E-state index contributed by atoms with van der Waals surface area (Å²) in [6, 6.07) is 11.1. The maximum atomic E-state index is 4.68. The van der Waals surface area contributed by atoms with Crippen molar-refractivity contribution in [1.82, 2.24) is 15.2 Å². The topological polar surface area (TPSA) is 53.9 Å². The summed E-state index contributed by atoms with van der Waals surface area (Å²) in [5, 5.41) is 11.6. The van der Waals surface area contributed by atoms with Crippen LogP contribution in [0.5, 0.6) is 0 Å². The molecular weight excluding hydrogens is 298 g/mol. The highest BCUT2D eigenvalue weighted by Crippen LogP contribution is 2.24. The van der Waals surface area contributed by atoms with Crippen molar-refractivity contribution in [2.45, 2.75) is 51.5 Å². The molecule has 1 aliphatic rings. The first-order valence-corrected chi connectivity index (χ1v) is 9.11. The van der Waals surface area contributed by atoms with Crippen LogP contribution in [0.15, 0.2) is 36.5 Å². The molecule has 0 aliphatic carbocycles. The molecule has 0 bridgehead atoms. The van der Waals surface area contributed by atoms with Crippen LogP contribution in [0.25, 0.3) is 0 Å². The maximum Gasteiger partial charge on any atom is 0.244 e. The fourth-order valence-electron chi connectivity index (χ4n) is 3.37. The van der Waals surface area contributed by atoms with Gasteiger partial charge in [0.05, 0.1) is 6.20 Å². The molecular formula is C19H27N5. The van der Waals surface area contributed by atoms with Gasteiger partial charge in [0.15, 0.2) is 5.82 Å². The summed E-state index contributed by atoms with van der Waals surface area (Å²) in [6.07, 6.45) is 8.87. The van der Waals surface area contributed by atoms with Gasteiger partial charge in [0.25, 0.3) is 0 Å². The summed E-state index contributed by atoms with van der Waals surface area (Å²) in [4.78, 5) is 7.08. The third kappa shape index (κ3) is 4.43. The van der Waals surface area contributed by atoms with Gasteiger partial charge in [-0.05, 0) is 44.1 Å². The van der Waals surface area contributed by atoms with Crippen LogP contribution in [0.2, 0.25) is 0 Å². The summed E-state index contributed by atoms with van der Waals surface area (Å²) < 4.78 is 0. The highest BCUT2D eigenvalue weighted by molar-refractivity contribution is 5.41. The first-order valence-electron chi connectivity index (χ1n) is 9.11. The van der Waals surface area contributed by atoms with Crippen LogP contribution in [-0.4, -0.2) is 34.3 Å². The SMILES string of the molecule is CCC1CCCCN1c1cnnc(NCCCc2ccccc2)n1. The largest absolute Gasteiger partial charge is 0.353 e. The Morgan fingerprint density at radius 3 is 2.92 bits per heavy atom.